The van der Waals surface area contributed by atoms with Crippen molar-refractivity contribution in [3.63, 3.8) is 0 Å². The summed E-state index contributed by atoms with van der Waals surface area (Å²) in [7, 11) is 0. The molecule has 1 aromatic heterocycles. The van der Waals surface area contributed by atoms with Gasteiger partial charge < -0.3 is 5.32 Å². The molecule has 1 saturated carbocycles. The molecule has 0 radical (unpaired) electrons. The molecular formula is C17H18N2O. The molecule has 0 unspecified atom stereocenters. The van der Waals surface area contributed by atoms with Gasteiger partial charge >= 0.3 is 0 Å². The van der Waals surface area contributed by atoms with E-state index in [4.69, 9.17) is 0 Å². The van der Waals surface area contributed by atoms with E-state index in [-0.39, 0.29) is 5.91 Å². The van der Waals surface area contributed by atoms with Crippen LogP contribution in [0.15, 0.2) is 48.8 Å². The van der Waals surface area contributed by atoms with E-state index in [2.05, 4.69) is 22.4 Å². The maximum atomic E-state index is 12.1. The molecule has 1 N–H and O–H groups in total. The lowest BCUT2D eigenvalue weighted by Crippen LogP contribution is -2.11. The van der Waals surface area contributed by atoms with Gasteiger partial charge in [0.1, 0.15) is 0 Å². The average molecular weight is 266 g/mol. The lowest BCUT2D eigenvalue weighted by atomic mass is 9.96. The predicted octanol–water partition coefficient (Wildman–Crippen LogP) is 3.99. The monoisotopic (exact) mass is 266 g/mol. The van der Waals surface area contributed by atoms with Crippen LogP contribution in [0.3, 0.4) is 0 Å². The highest BCUT2D eigenvalue weighted by Gasteiger charge is 2.17. The summed E-state index contributed by atoms with van der Waals surface area (Å²) in [6, 6.07) is 11.6. The first-order valence-corrected chi connectivity index (χ1v) is 7.14. The standard InChI is InChI=1S/C17H18N2O/c20-17(19-16-9-11-18-12-10-16)15-7-5-14(6-8-15)13-3-1-2-4-13/h5-13H,1-4H2,(H,18,19,20). The first-order chi connectivity index (χ1) is 9.83. The van der Waals surface area contributed by atoms with Gasteiger partial charge in [-0.05, 0) is 48.6 Å². The van der Waals surface area contributed by atoms with Gasteiger partial charge in [0, 0.05) is 23.6 Å². The van der Waals surface area contributed by atoms with Crippen molar-refractivity contribution in [1.82, 2.24) is 4.98 Å². The summed E-state index contributed by atoms with van der Waals surface area (Å²) < 4.78 is 0. The lowest BCUT2D eigenvalue weighted by Gasteiger charge is -2.10. The molecule has 0 atom stereocenters. The molecule has 1 aliphatic rings. The summed E-state index contributed by atoms with van der Waals surface area (Å²) in [6.45, 7) is 0. The molecule has 1 aromatic carbocycles. The van der Waals surface area contributed by atoms with Crippen LogP contribution >= 0.6 is 0 Å². The number of rotatable bonds is 3. The molecule has 0 aliphatic heterocycles. The van der Waals surface area contributed by atoms with Crippen LogP contribution in [-0.4, -0.2) is 10.9 Å². The van der Waals surface area contributed by atoms with E-state index in [1.165, 1.54) is 31.2 Å². The fourth-order valence-electron chi connectivity index (χ4n) is 2.80. The zero-order valence-corrected chi connectivity index (χ0v) is 11.4. The maximum absolute atomic E-state index is 12.1. The Labute approximate surface area is 119 Å². The van der Waals surface area contributed by atoms with Crippen molar-refractivity contribution in [2.24, 2.45) is 0 Å². The van der Waals surface area contributed by atoms with Crippen molar-refractivity contribution >= 4 is 11.6 Å². The number of anilines is 1. The Morgan fingerprint density at radius 1 is 1.00 bits per heavy atom. The molecule has 3 rings (SSSR count). The van der Waals surface area contributed by atoms with Crippen LogP contribution < -0.4 is 5.32 Å². The van der Waals surface area contributed by atoms with Crippen molar-refractivity contribution in [3.8, 4) is 0 Å². The Morgan fingerprint density at radius 3 is 2.30 bits per heavy atom. The Kier molecular flexibility index (Phi) is 3.77. The zero-order valence-electron chi connectivity index (χ0n) is 11.4. The second kappa shape index (κ2) is 5.87. The predicted molar refractivity (Wildman–Crippen MR) is 79.8 cm³/mol. The first kappa shape index (κ1) is 12.9. The van der Waals surface area contributed by atoms with Gasteiger partial charge in [-0.15, -0.1) is 0 Å². The maximum Gasteiger partial charge on any atom is 0.255 e. The van der Waals surface area contributed by atoms with Crippen molar-refractivity contribution in [3.05, 3.63) is 59.9 Å². The van der Waals surface area contributed by atoms with E-state index in [1.807, 2.05) is 12.1 Å². The third-order valence-corrected chi connectivity index (χ3v) is 3.94. The van der Waals surface area contributed by atoms with Gasteiger partial charge in [0.2, 0.25) is 0 Å². The third-order valence-electron chi connectivity index (χ3n) is 3.94. The van der Waals surface area contributed by atoms with Gasteiger partial charge in [-0.1, -0.05) is 25.0 Å². The molecule has 0 saturated heterocycles. The smallest absolute Gasteiger partial charge is 0.255 e. The Hall–Kier alpha value is -2.16. The highest BCUT2D eigenvalue weighted by molar-refractivity contribution is 6.04. The third kappa shape index (κ3) is 2.87. The number of nitrogens with zero attached hydrogens (tertiary/aromatic N) is 1. The molecule has 20 heavy (non-hydrogen) atoms. The zero-order chi connectivity index (χ0) is 13.8. The van der Waals surface area contributed by atoms with Crippen LogP contribution in [-0.2, 0) is 0 Å². The summed E-state index contributed by atoms with van der Waals surface area (Å²) in [5.41, 5.74) is 2.83. The van der Waals surface area contributed by atoms with Gasteiger partial charge in [0.05, 0.1) is 0 Å². The molecule has 3 nitrogen and oxygen atoms in total. The summed E-state index contributed by atoms with van der Waals surface area (Å²) in [5.74, 6) is 0.612. The highest BCUT2D eigenvalue weighted by Crippen LogP contribution is 2.33. The van der Waals surface area contributed by atoms with E-state index in [0.717, 1.165) is 5.69 Å². The summed E-state index contributed by atoms with van der Waals surface area (Å²) in [6.07, 6.45) is 8.55. The molecule has 2 aromatic rings. The van der Waals surface area contributed by atoms with Gasteiger partial charge in [-0.25, -0.2) is 0 Å². The molecule has 1 heterocycles. The molecule has 1 fully saturated rings. The SMILES string of the molecule is O=C(Nc1ccncc1)c1ccc(C2CCCC2)cc1. The van der Waals surface area contributed by atoms with Gasteiger partial charge in [-0.2, -0.15) is 0 Å². The van der Waals surface area contributed by atoms with Gasteiger partial charge in [0.15, 0.2) is 0 Å². The van der Waals surface area contributed by atoms with Crippen LogP contribution in [0.1, 0.15) is 47.5 Å². The number of hydrogen-bond acceptors (Lipinski definition) is 2. The van der Waals surface area contributed by atoms with E-state index in [1.54, 1.807) is 24.5 Å². The minimum atomic E-state index is -0.0748. The first-order valence-electron chi connectivity index (χ1n) is 7.14. The molecule has 0 bridgehead atoms. The molecule has 1 amide bonds. The Morgan fingerprint density at radius 2 is 1.65 bits per heavy atom. The molecule has 0 spiro atoms. The normalized spacial score (nSPS) is 15.2. The van der Waals surface area contributed by atoms with Crippen molar-refractivity contribution in [2.75, 3.05) is 5.32 Å². The number of carbonyl (C=O) groups excluding carboxylic acids is 1. The second-order valence-electron chi connectivity index (χ2n) is 5.29. The van der Waals surface area contributed by atoms with E-state index >= 15 is 0 Å². The summed E-state index contributed by atoms with van der Waals surface area (Å²) >= 11 is 0. The average Bonchev–Trinajstić information content (AvgIpc) is 3.03. The van der Waals surface area contributed by atoms with Crippen molar-refractivity contribution in [2.45, 2.75) is 31.6 Å². The number of benzene rings is 1. The van der Waals surface area contributed by atoms with E-state index < -0.39 is 0 Å². The van der Waals surface area contributed by atoms with Crippen LogP contribution in [0.4, 0.5) is 5.69 Å². The molecule has 3 heteroatoms. The summed E-state index contributed by atoms with van der Waals surface area (Å²) in [4.78, 5) is 16.0. The second-order valence-corrected chi connectivity index (χ2v) is 5.29. The number of amides is 1. The van der Waals surface area contributed by atoms with Crippen LogP contribution in [0.5, 0.6) is 0 Å². The Balaban J connectivity index is 1.69. The number of hydrogen-bond donors (Lipinski definition) is 1. The largest absolute Gasteiger partial charge is 0.322 e. The minimum Gasteiger partial charge on any atom is -0.322 e. The lowest BCUT2D eigenvalue weighted by molar-refractivity contribution is 0.102. The topological polar surface area (TPSA) is 42.0 Å². The number of nitrogens with one attached hydrogen (secondary N) is 1. The van der Waals surface area contributed by atoms with Gasteiger partial charge in [0.25, 0.3) is 5.91 Å². The fourth-order valence-corrected chi connectivity index (χ4v) is 2.80. The number of carbonyl (C=O) groups is 1. The molecule has 102 valence electrons. The molecular weight excluding hydrogens is 248 g/mol. The Bertz CT molecular complexity index is 572. The number of pyridine rings is 1. The fraction of sp³-hybridized carbons (Fsp3) is 0.294. The summed E-state index contributed by atoms with van der Waals surface area (Å²) in [5, 5.41) is 2.87. The van der Waals surface area contributed by atoms with Crippen molar-refractivity contribution in [1.29, 1.82) is 0 Å². The quantitative estimate of drug-likeness (QED) is 0.912. The number of aromatic nitrogens is 1. The van der Waals surface area contributed by atoms with Crippen LogP contribution in [0, 0.1) is 0 Å². The van der Waals surface area contributed by atoms with Gasteiger partial charge in [-0.3, -0.25) is 9.78 Å². The van der Waals surface area contributed by atoms with E-state index in [9.17, 15) is 4.79 Å². The highest BCUT2D eigenvalue weighted by atomic mass is 16.1. The minimum absolute atomic E-state index is 0.0748. The van der Waals surface area contributed by atoms with Crippen LogP contribution in [0.2, 0.25) is 0 Å². The van der Waals surface area contributed by atoms with Crippen LogP contribution in [0.25, 0.3) is 0 Å². The molecule has 1 aliphatic carbocycles. The van der Waals surface area contributed by atoms with Crippen molar-refractivity contribution < 1.29 is 4.79 Å². The van der Waals surface area contributed by atoms with E-state index in [0.29, 0.717) is 11.5 Å².